The maximum absolute atomic E-state index is 13.6. The number of ether oxygens (including phenoxy) is 1. The number of hydrogen-bond acceptors (Lipinski definition) is 2. The molecule has 0 radical (unpaired) electrons. The van der Waals surface area contributed by atoms with Crippen molar-refractivity contribution in [2.45, 2.75) is 25.3 Å². The molecule has 1 saturated heterocycles. The molecule has 0 saturated carbocycles. The highest BCUT2D eigenvalue weighted by Crippen LogP contribution is 2.22. The number of hydrogen-bond donors (Lipinski definition) is 1. The Morgan fingerprint density at radius 2 is 2.06 bits per heavy atom. The third-order valence-corrected chi connectivity index (χ3v) is 3.66. The molecule has 2 nitrogen and oxygen atoms in total. The van der Waals surface area contributed by atoms with Crippen molar-refractivity contribution in [3.8, 4) is 0 Å². The molecule has 0 amide bonds. The topological polar surface area (TPSA) is 21.3 Å². The van der Waals surface area contributed by atoms with Crippen LogP contribution in [0, 0.1) is 17.6 Å². The SMILES string of the molecule is CNC(Cc1ccc(F)cc1F)C1CCOCC1. The second-order valence-corrected chi connectivity index (χ2v) is 4.78. The summed E-state index contributed by atoms with van der Waals surface area (Å²) in [6.07, 6.45) is 2.58. The van der Waals surface area contributed by atoms with Gasteiger partial charge < -0.3 is 10.1 Å². The summed E-state index contributed by atoms with van der Waals surface area (Å²) in [5.41, 5.74) is 0.572. The Balaban J connectivity index is 2.04. The van der Waals surface area contributed by atoms with E-state index < -0.39 is 11.6 Å². The summed E-state index contributed by atoms with van der Waals surface area (Å²) in [5.74, 6) is -0.487. The van der Waals surface area contributed by atoms with Crippen LogP contribution in [-0.2, 0) is 11.2 Å². The van der Waals surface area contributed by atoms with E-state index in [1.807, 2.05) is 7.05 Å². The van der Waals surface area contributed by atoms with Gasteiger partial charge in [-0.3, -0.25) is 0 Å². The fourth-order valence-electron chi connectivity index (χ4n) is 2.55. The first kappa shape index (κ1) is 13.4. The molecule has 100 valence electrons. The van der Waals surface area contributed by atoms with Crippen LogP contribution in [0.3, 0.4) is 0 Å². The maximum atomic E-state index is 13.6. The van der Waals surface area contributed by atoms with Crippen LogP contribution < -0.4 is 5.32 Å². The summed E-state index contributed by atoms with van der Waals surface area (Å²) in [4.78, 5) is 0. The minimum absolute atomic E-state index is 0.217. The molecular formula is C14H19F2NO. The molecule has 0 aromatic heterocycles. The Morgan fingerprint density at radius 1 is 1.33 bits per heavy atom. The highest BCUT2D eigenvalue weighted by molar-refractivity contribution is 5.19. The zero-order valence-corrected chi connectivity index (χ0v) is 10.6. The molecule has 1 aliphatic heterocycles. The normalized spacial score (nSPS) is 18.8. The van der Waals surface area contributed by atoms with E-state index in [9.17, 15) is 8.78 Å². The molecule has 1 atom stereocenters. The second kappa shape index (κ2) is 6.25. The van der Waals surface area contributed by atoms with Crippen molar-refractivity contribution < 1.29 is 13.5 Å². The summed E-state index contributed by atoms with van der Waals surface area (Å²) in [7, 11) is 1.89. The second-order valence-electron chi connectivity index (χ2n) is 4.78. The molecule has 1 aromatic rings. The van der Waals surface area contributed by atoms with Crippen molar-refractivity contribution in [3.05, 3.63) is 35.4 Å². The van der Waals surface area contributed by atoms with E-state index in [2.05, 4.69) is 5.32 Å². The number of likely N-dealkylation sites (N-methyl/N-ethyl adjacent to an activating group) is 1. The molecule has 1 unspecified atom stereocenters. The minimum Gasteiger partial charge on any atom is -0.381 e. The van der Waals surface area contributed by atoms with Gasteiger partial charge in [-0.15, -0.1) is 0 Å². The molecule has 0 spiro atoms. The molecule has 18 heavy (non-hydrogen) atoms. The van der Waals surface area contributed by atoms with Gasteiger partial charge in [0.1, 0.15) is 11.6 Å². The van der Waals surface area contributed by atoms with E-state index in [0.29, 0.717) is 17.9 Å². The molecule has 2 rings (SSSR count). The van der Waals surface area contributed by atoms with E-state index in [1.54, 1.807) is 0 Å². The van der Waals surface area contributed by atoms with E-state index in [1.165, 1.54) is 12.1 Å². The zero-order chi connectivity index (χ0) is 13.0. The molecule has 0 aliphatic carbocycles. The van der Waals surface area contributed by atoms with Gasteiger partial charge in [0.25, 0.3) is 0 Å². The standard InChI is InChI=1S/C14H19F2NO/c1-17-14(10-4-6-18-7-5-10)8-11-2-3-12(15)9-13(11)16/h2-3,9-10,14,17H,4-8H2,1H3. The molecule has 1 N–H and O–H groups in total. The van der Waals surface area contributed by atoms with Crippen LogP contribution in [0.1, 0.15) is 18.4 Å². The van der Waals surface area contributed by atoms with Crippen LogP contribution in [0.15, 0.2) is 18.2 Å². The van der Waals surface area contributed by atoms with Gasteiger partial charge in [0, 0.05) is 25.3 Å². The van der Waals surface area contributed by atoms with Crippen LogP contribution in [-0.4, -0.2) is 26.3 Å². The van der Waals surface area contributed by atoms with Gasteiger partial charge >= 0.3 is 0 Å². The van der Waals surface area contributed by atoms with Crippen LogP contribution in [0.2, 0.25) is 0 Å². The first-order chi connectivity index (χ1) is 8.70. The monoisotopic (exact) mass is 255 g/mol. The van der Waals surface area contributed by atoms with E-state index in [0.717, 1.165) is 32.1 Å². The Morgan fingerprint density at radius 3 is 2.67 bits per heavy atom. The molecule has 1 aliphatic rings. The number of nitrogens with one attached hydrogen (secondary N) is 1. The lowest BCUT2D eigenvalue weighted by Crippen LogP contribution is -2.38. The van der Waals surface area contributed by atoms with Gasteiger partial charge in [0.15, 0.2) is 0 Å². The number of rotatable bonds is 4. The van der Waals surface area contributed by atoms with Crippen molar-refractivity contribution in [2.75, 3.05) is 20.3 Å². The third-order valence-electron chi connectivity index (χ3n) is 3.66. The van der Waals surface area contributed by atoms with Crippen molar-refractivity contribution in [1.82, 2.24) is 5.32 Å². The first-order valence-electron chi connectivity index (χ1n) is 6.39. The van der Waals surface area contributed by atoms with Crippen LogP contribution in [0.4, 0.5) is 8.78 Å². The maximum Gasteiger partial charge on any atom is 0.129 e. The molecule has 1 heterocycles. The minimum atomic E-state index is -0.525. The van der Waals surface area contributed by atoms with Crippen molar-refractivity contribution >= 4 is 0 Å². The Kier molecular flexibility index (Phi) is 4.66. The molecule has 1 aromatic carbocycles. The van der Waals surface area contributed by atoms with Gasteiger partial charge in [0.05, 0.1) is 0 Å². The predicted octanol–water partition coefficient (Wildman–Crippen LogP) is 2.52. The predicted molar refractivity (Wildman–Crippen MR) is 66.5 cm³/mol. The van der Waals surface area contributed by atoms with Crippen LogP contribution in [0.25, 0.3) is 0 Å². The highest BCUT2D eigenvalue weighted by Gasteiger charge is 2.23. The fourth-order valence-corrected chi connectivity index (χ4v) is 2.55. The summed E-state index contributed by atoms with van der Waals surface area (Å²) < 4.78 is 31.8. The average Bonchev–Trinajstić information content (AvgIpc) is 2.39. The van der Waals surface area contributed by atoms with Gasteiger partial charge in [-0.1, -0.05) is 6.07 Å². The molecular weight excluding hydrogens is 236 g/mol. The molecule has 1 fully saturated rings. The Hall–Kier alpha value is -1.00. The Labute approximate surface area is 106 Å². The largest absolute Gasteiger partial charge is 0.381 e. The quantitative estimate of drug-likeness (QED) is 0.892. The molecule has 0 bridgehead atoms. The first-order valence-corrected chi connectivity index (χ1v) is 6.39. The summed E-state index contributed by atoms with van der Waals surface area (Å²) in [6, 6.07) is 4.02. The molecule has 4 heteroatoms. The third kappa shape index (κ3) is 3.27. The van der Waals surface area contributed by atoms with Crippen LogP contribution in [0.5, 0.6) is 0 Å². The fraction of sp³-hybridized carbons (Fsp3) is 0.571. The van der Waals surface area contributed by atoms with Gasteiger partial charge in [-0.2, -0.15) is 0 Å². The van der Waals surface area contributed by atoms with E-state index in [4.69, 9.17) is 4.74 Å². The number of benzene rings is 1. The highest BCUT2D eigenvalue weighted by atomic mass is 19.1. The average molecular weight is 255 g/mol. The lowest BCUT2D eigenvalue weighted by molar-refractivity contribution is 0.0546. The van der Waals surface area contributed by atoms with E-state index in [-0.39, 0.29) is 6.04 Å². The summed E-state index contributed by atoms with van der Waals surface area (Å²) in [6.45, 7) is 1.55. The van der Waals surface area contributed by atoms with Crippen molar-refractivity contribution in [2.24, 2.45) is 5.92 Å². The van der Waals surface area contributed by atoms with Crippen molar-refractivity contribution in [3.63, 3.8) is 0 Å². The van der Waals surface area contributed by atoms with E-state index >= 15 is 0 Å². The summed E-state index contributed by atoms with van der Waals surface area (Å²) in [5, 5.41) is 3.25. The Bertz CT molecular complexity index is 391. The van der Waals surface area contributed by atoms with Gasteiger partial charge in [-0.25, -0.2) is 8.78 Å². The smallest absolute Gasteiger partial charge is 0.129 e. The van der Waals surface area contributed by atoms with Gasteiger partial charge in [0.2, 0.25) is 0 Å². The van der Waals surface area contributed by atoms with Crippen LogP contribution >= 0.6 is 0 Å². The number of halogens is 2. The lowest BCUT2D eigenvalue weighted by Gasteiger charge is -2.30. The van der Waals surface area contributed by atoms with Crippen molar-refractivity contribution in [1.29, 1.82) is 0 Å². The van der Waals surface area contributed by atoms with Gasteiger partial charge in [-0.05, 0) is 43.9 Å². The zero-order valence-electron chi connectivity index (χ0n) is 10.6. The summed E-state index contributed by atoms with van der Waals surface area (Å²) >= 11 is 0. The lowest BCUT2D eigenvalue weighted by atomic mass is 9.87.